The Bertz CT molecular complexity index is 2460. The van der Waals surface area contributed by atoms with Crippen LogP contribution >= 0.6 is 0 Å². The van der Waals surface area contributed by atoms with Crippen molar-refractivity contribution in [2.24, 2.45) is 40.9 Å². The van der Waals surface area contributed by atoms with Gasteiger partial charge in [-0.2, -0.15) is 0 Å². The van der Waals surface area contributed by atoms with Crippen LogP contribution in [0, 0.1) is 23.7 Å². The van der Waals surface area contributed by atoms with E-state index in [1.807, 2.05) is 0 Å². The van der Waals surface area contributed by atoms with Crippen molar-refractivity contribution in [3.05, 3.63) is 59.7 Å². The molecule has 0 bridgehead atoms. The molecule has 3 unspecified atom stereocenters. The van der Waals surface area contributed by atoms with E-state index in [0.29, 0.717) is 127 Å². The number of nitrogens with one attached hydrogen (secondary N) is 8. The Morgan fingerprint density at radius 3 is 1.05 bits per heavy atom. The Hall–Kier alpha value is -6.81. The first-order chi connectivity index (χ1) is 39.4. The van der Waals surface area contributed by atoms with Crippen molar-refractivity contribution >= 4 is 53.2 Å². The highest BCUT2D eigenvalue weighted by Gasteiger charge is 2.41. The third-order valence-electron chi connectivity index (χ3n) is 17.0. The van der Waals surface area contributed by atoms with Gasteiger partial charge in [0.1, 0.15) is 35.7 Å². The largest absolute Gasteiger partial charge is 0.508 e. The zero-order valence-corrected chi connectivity index (χ0v) is 47.7. The van der Waals surface area contributed by atoms with Gasteiger partial charge < -0.3 is 69.9 Å². The number of unbranched alkanes of at least 4 members (excludes halogenated alkanes) is 2. The molecule has 0 spiro atoms. The highest BCUT2D eigenvalue weighted by atomic mass is 16.3. The number of phenols is 2. The van der Waals surface area contributed by atoms with Gasteiger partial charge in [0.25, 0.3) is 0 Å². The molecule has 0 aliphatic heterocycles. The van der Waals surface area contributed by atoms with Gasteiger partial charge in [0.15, 0.2) is 0 Å². The van der Waals surface area contributed by atoms with Crippen molar-refractivity contribution < 1.29 is 53.4 Å². The molecule has 0 heterocycles. The van der Waals surface area contributed by atoms with E-state index in [1.165, 1.54) is 31.2 Å². The SMILES string of the molecule is CC(=O)N[C@@H]1CCCC[C@@H]1C(=O)N[C@@H](CCCCN)C(=O)NC1CCCC[C@@H]1C(=O)N[C@@H](Cc1ccc(O)cc1)C(=O)NC1CCCC[C@@H]1C(=O)N[C@@H](CCCCN)C(=O)NC1CCCC[C@@H]1C(=O)N[C@@H](Cc1ccc(O)cc1)C(N)=O. The van der Waals surface area contributed by atoms with Crippen LogP contribution in [-0.2, 0) is 56.0 Å². The van der Waals surface area contributed by atoms with Crippen molar-refractivity contribution in [1.29, 1.82) is 0 Å². The minimum atomic E-state index is -1.14. The second-order valence-corrected chi connectivity index (χ2v) is 23.2. The summed E-state index contributed by atoms with van der Waals surface area (Å²) >= 11 is 0. The summed E-state index contributed by atoms with van der Waals surface area (Å²) < 4.78 is 0. The highest BCUT2D eigenvalue weighted by molar-refractivity contribution is 5.93. The first-order valence-electron chi connectivity index (χ1n) is 30.1. The summed E-state index contributed by atoms with van der Waals surface area (Å²) in [7, 11) is 0. The number of hydrogen-bond donors (Lipinski definition) is 13. The molecule has 452 valence electrons. The number of nitrogens with two attached hydrogens (primary N) is 3. The fourth-order valence-corrected chi connectivity index (χ4v) is 12.4. The number of phenolic OH excluding ortho intramolecular Hbond substituents is 2. The Labute approximate surface area is 481 Å². The average molecular weight is 1140 g/mol. The summed E-state index contributed by atoms with van der Waals surface area (Å²) in [4.78, 5) is 125. The Morgan fingerprint density at radius 2 is 0.720 bits per heavy atom. The maximum atomic E-state index is 14.7. The van der Waals surface area contributed by atoms with Crippen LogP contribution in [0.3, 0.4) is 0 Å². The Balaban J connectivity index is 1.13. The Morgan fingerprint density at radius 1 is 0.427 bits per heavy atom. The molecule has 16 N–H and O–H groups in total. The molecule has 22 heteroatoms. The predicted molar refractivity (Wildman–Crippen MR) is 308 cm³/mol. The van der Waals surface area contributed by atoms with E-state index in [9.17, 15) is 53.4 Å². The van der Waals surface area contributed by atoms with Crippen molar-refractivity contribution in [3.63, 3.8) is 0 Å². The first kappa shape index (κ1) is 64.4. The van der Waals surface area contributed by atoms with Gasteiger partial charge in [-0.05, 0) is 138 Å². The molecule has 9 amide bonds. The van der Waals surface area contributed by atoms with Gasteiger partial charge in [0.05, 0.1) is 23.7 Å². The summed E-state index contributed by atoms with van der Waals surface area (Å²) in [5.41, 5.74) is 18.7. The van der Waals surface area contributed by atoms with Crippen LogP contribution in [-0.4, -0.2) is 125 Å². The smallest absolute Gasteiger partial charge is 0.243 e. The molecule has 4 saturated carbocycles. The molecule has 0 saturated heterocycles. The van der Waals surface area contributed by atoms with Crippen molar-refractivity contribution in [3.8, 4) is 11.5 Å². The van der Waals surface area contributed by atoms with E-state index in [0.717, 1.165) is 32.1 Å². The standard InChI is InChI=1S/C60H91N11O11/c1-36(72)64-45-18-6-2-14-41(45)54(76)68-49(22-10-12-32-61)58(80)66-47-20-8-5-17-44(47)57(79)71-52(35-38-26-30-40(74)31-27-38)60(82)67-48-21-9-3-15-42(48)55(77)69-50(23-11-13-33-62)59(81)65-46-19-7-4-16-43(46)56(78)70-51(53(63)75)34-37-24-28-39(73)29-25-37/h24-31,41-52,73-74H,2-23,32-35,61-62H2,1H3,(H2,63,75)(H,64,72)(H,65,81)(H,66,80)(H,67,82)(H,68,76)(H,69,77)(H,70,78)(H,71,79)/t41-,42-,43-,44-,45+,46?,47?,48?,49-,50-,51-,52-/m0/s1. The van der Waals surface area contributed by atoms with Crippen LogP contribution in [0.1, 0.15) is 159 Å². The first-order valence-corrected chi connectivity index (χ1v) is 30.1. The molecule has 82 heavy (non-hydrogen) atoms. The lowest BCUT2D eigenvalue weighted by Crippen LogP contribution is -2.59. The molecule has 2 aromatic carbocycles. The molecule has 0 aromatic heterocycles. The summed E-state index contributed by atoms with van der Waals surface area (Å²) in [5.74, 6) is -6.61. The topological polar surface area (TPSA) is 368 Å². The number of amides is 9. The summed E-state index contributed by atoms with van der Waals surface area (Å²) in [6, 6.07) is 6.19. The van der Waals surface area contributed by atoms with Gasteiger partial charge in [0, 0.05) is 43.9 Å². The van der Waals surface area contributed by atoms with Crippen molar-refractivity contribution in [2.45, 2.75) is 209 Å². The van der Waals surface area contributed by atoms with Gasteiger partial charge in [-0.15, -0.1) is 0 Å². The van der Waals surface area contributed by atoms with Gasteiger partial charge >= 0.3 is 0 Å². The van der Waals surface area contributed by atoms with Gasteiger partial charge in [-0.3, -0.25) is 43.2 Å². The van der Waals surface area contributed by atoms with E-state index in [2.05, 4.69) is 42.5 Å². The molecule has 2 aromatic rings. The number of benzene rings is 2. The molecule has 4 aliphatic rings. The van der Waals surface area contributed by atoms with Crippen molar-refractivity contribution in [2.75, 3.05) is 13.1 Å². The molecular formula is C60H91N11O11. The molecule has 0 radical (unpaired) electrons. The molecule has 4 fully saturated rings. The maximum absolute atomic E-state index is 14.7. The molecule has 6 rings (SSSR count). The highest BCUT2D eigenvalue weighted by Crippen LogP contribution is 2.30. The summed E-state index contributed by atoms with van der Waals surface area (Å²) in [6.45, 7) is 2.19. The molecule has 4 aliphatic carbocycles. The normalized spacial score (nSPS) is 24.1. The van der Waals surface area contributed by atoms with E-state index in [1.54, 1.807) is 24.3 Å². The second kappa shape index (κ2) is 32.7. The third-order valence-corrected chi connectivity index (χ3v) is 17.0. The third kappa shape index (κ3) is 19.7. The van der Waals surface area contributed by atoms with Crippen LogP contribution in [0.15, 0.2) is 48.5 Å². The number of rotatable bonds is 28. The fourth-order valence-electron chi connectivity index (χ4n) is 12.4. The second-order valence-electron chi connectivity index (χ2n) is 23.2. The van der Waals surface area contributed by atoms with Crippen molar-refractivity contribution in [1.82, 2.24) is 42.5 Å². The van der Waals surface area contributed by atoms with Gasteiger partial charge in [0.2, 0.25) is 53.2 Å². The zero-order chi connectivity index (χ0) is 59.1. The van der Waals surface area contributed by atoms with Crippen LogP contribution in [0.2, 0.25) is 0 Å². The van der Waals surface area contributed by atoms with Crippen LogP contribution in [0.4, 0.5) is 0 Å². The number of primary amides is 1. The molecule has 22 nitrogen and oxygen atoms in total. The van der Waals surface area contributed by atoms with E-state index in [4.69, 9.17) is 17.2 Å². The van der Waals surface area contributed by atoms with Crippen LogP contribution in [0.5, 0.6) is 11.5 Å². The minimum absolute atomic E-state index is 0.0186. The minimum Gasteiger partial charge on any atom is -0.508 e. The number of carbonyl (C=O) groups excluding carboxylic acids is 9. The monoisotopic (exact) mass is 1140 g/mol. The fraction of sp³-hybridized carbons (Fsp3) is 0.650. The predicted octanol–water partition coefficient (Wildman–Crippen LogP) is 2.29. The van der Waals surface area contributed by atoms with Crippen LogP contribution in [0.25, 0.3) is 0 Å². The molecule has 12 atom stereocenters. The van der Waals surface area contributed by atoms with Crippen LogP contribution < -0.4 is 59.7 Å². The summed E-state index contributed by atoms with van der Waals surface area (Å²) in [5, 5.41) is 43.8. The van der Waals surface area contributed by atoms with E-state index >= 15 is 0 Å². The zero-order valence-electron chi connectivity index (χ0n) is 47.7. The van der Waals surface area contributed by atoms with Gasteiger partial charge in [-0.1, -0.05) is 75.6 Å². The lowest BCUT2D eigenvalue weighted by Gasteiger charge is -2.36. The summed E-state index contributed by atoms with van der Waals surface area (Å²) in [6.07, 6.45) is 12.9. The number of hydrogen-bond acceptors (Lipinski definition) is 13. The van der Waals surface area contributed by atoms with Gasteiger partial charge in [-0.25, -0.2) is 0 Å². The average Bonchev–Trinajstić information content (AvgIpc) is 3.53. The van der Waals surface area contributed by atoms with E-state index < -0.39 is 107 Å². The lowest BCUT2D eigenvalue weighted by atomic mass is 9.82. The molecular weight excluding hydrogens is 1050 g/mol. The maximum Gasteiger partial charge on any atom is 0.243 e. The number of carbonyl (C=O) groups is 9. The quantitative estimate of drug-likeness (QED) is 0.0545. The van der Waals surface area contributed by atoms with E-state index in [-0.39, 0.29) is 48.6 Å². The number of aromatic hydroxyl groups is 2. The lowest BCUT2D eigenvalue weighted by molar-refractivity contribution is -0.136. The Kier molecular flexibility index (Phi) is 25.7.